The number of hydrogen-bond donors (Lipinski definition) is 2. The number of amides is 1. The van der Waals surface area contributed by atoms with Gasteiger partial charge in [-0.25, -0.2) is 4.98 Å². The number of benzene rings is 1. The lowest BCUT2D eigenvalue weighted by Crippen LogP contribution is -2.26. The van der Waals surface area contributed by atoms with E-state index in [9.17, 15) is 4.79 Å². The number of anilines is 1. The average molecular weight is 290 g/mol. The first-order valence-electron chi connectivity index (χ1n) is 6.24. The number of carbonyl (C=O) groups is 1. The quantitative estimate of drug-likeness (QED) is 0.669. The number of hydrogen-bond acceptors (Lipinski definition) is 5. The van der Waals surface area contributed by atoms with Crippen molar-refractivity contribution in [3.63, 3.8) is 0 Å². The molecule has 106 valence electrons. The van der Waals surface area contributed by atoms with Crippen molar-refractivity contribution in [1.29, 1.82) is 0 Å². The molecule has 0 saturated carbocycles. The number of carbonyl (C=O) groups excluding carboxylic acids is 1. The van der Waals surface area contributed by atoms with Gasteiger partial charge in [-0.15, -0.1) is 11.3 Å². The Labute approximate surface area is 122 Å². The molecule has 0 aliphatic heterocycles. The van der Waals surface area contributed by atoms with Crippen LogP contribution in [-0.4, -0.2) is 22.8 Å². The van der Waals surface area contributed by atoms with Crippen LogP contribution in [-0.2, 0) is 6.54 Å². The van der Waals surface area contributed by atoms with Crippen LogP contribution in [0.1, 0.15) is 26.5 Å². The Morgan fingerprint density at radius 2 is 2.20 bits per heavy atom. The minimum Gasteiger partial charge on any atom is -0.336 e. The standard InChI is InChI=1S/C14H18N4OS/c1-9-6-11(4-5-12(9)17-15)14(19)18(3)7-13-10(2)16-8-20-13/h4-6,8,17H,7,15H2,1-3H3. The van der Waals surface area contributed by atoms with Crippen LogP contribution in [0.4, 0.5) is 5.69 Å². The van der Waals surface area contributed by atoms with Gasteiger partial charge in [0.2, 0.25) is 0 Å². The maximum atomic E-state index is 12.4. The van der Waals surface area contributed by atoms with Crippen LogP contribution in [0.15, 0.2) is 23.7 Å². The summed E-state index contributed by atoms with van der Waals surface area (Å²) in [5.74, 6) is 5.38. The van der Waals surface area contributed by atoms with Crippen LogP contribution in [0.2, 0.25) is 0 Å². The molecule has 1 heterocycles. The van der Waals surface area contributed by atoms with Crippen molar-refractivity contribution < 1.29 is 4.79 Å². The molecule has 0 fully saturated rings. The van der Waals surface area contributed by atoms with E-state index in [1.807, 2.05) is 26.0 Å². The van der Waals surface area contributed by atoms with Gasteiger partial charge in [0.25, 0.3) is 5.91 Å². The number of nitrogens with zero attached hydrogens (tertiary/aromatic N) is 2. The monoisotopic (exact) mass is 290 g/mol. The first-order valence-corrected chi connectivity index (χ1v) is 7.12. The van der Waals surface area contributed by atoms with E-state index < -0.39 is 0 Å². The topological polar surface area (TPSA) is 71.2 Å². The molecule has 0 atom stereocenters. The van der Waals surface area contributed by atoms with E-state index >= 15 is 0 Å². The van der Waals surface area contributed by atoms with E-state index in [1.54, 1.807) is 34.9 Å². The fourth-order valence-electron chi connectivity index (χ4n) is 1.94. The molecule has 0 aliphatic rings. The maximum absolute atomic E-state index is 12.4. The lowest BCUT2D eigenvalue weighted by molar-refractivity contribution is 0.0786. The second-order valence-electron chi connectivity index (χ2n) is 4.70. The zero-order chi connectivity index (χ0) is 14.7. The summed E-state index contributed by atoms with van der Waals surface area (Å²) in [6, 6.07) is 5.43. The highest BCUT2D eigenvalue weighted by atomic mass is 32.1. The number of aryl methyl sites for hydroxylation is 2. The molecule has 0 spiro atoms. The third-order valence-electron chi connectivity index (χ3n) is 3.20. The van der Waals surface area contributed by atoms with Gasteiger partial charge < -0.3 is 10.3 Å². The Hall–Kier alpha value is -1.92. The van der Waals surface area contributed by atoms with Gasteiger partial charge in [0.15, 0.2) is 0 Å². The Morgan fingerprint density at radius 1 is 1.45 bits per heavy atom. The molecule has 1 aromatic heterocycles. The second-order valence-corrected chi connectivity index (χ2v) is 5.64. The molecule has 1 amide bonds. The molecule has 1 aromatic carbocycles. The van der Waals surface area contributed by atoms with Crippen molar-refractivity contribution in [1.82, 2.24) is 9.88 Å². The summed E-state index contributed by atoms with van der Waals surface area (Å²) in [6.45, 7) is 4.45. The fraction of sp³-hybridized carbons (Fsp3) is 0.286. The minimum absolute atomic E-state index is 0.00975. The molecule has 0 saturated heterocycles. The van der Waals surface area contributed by atoms with Crippen LogP contribution in [0, 0.1) is 13.8 Å². The highest BCUT2D eigenvalue weighted by Crippen LogP contribution is 2.19. The summed E-state index contributed by atoms with van der Waals surface area (Å²) in [5.41, 5.74) is 7.81. The Balaban J connectivity index is 2.14. The van der Waals surface area contributed by atoms with Gasteiger partial charge in [0.1, 0.15) is 0 Å². The van der Waals surface area contributed by atoms with Gasteiger partial charge in [0.05, 0.1) is 23.4 Å². The molecule has 0 unspecified atom stereocenters. The van der Waals surface area contributed by atoms with Gasteiger partial charge >= 0.3 is 0 Å². The van der Waals surface area contributed by atoms with Gasteiger partial charge in [0, 0.05) is 17.5 Å². The first-order chi connectivity index (χ1) is 9.52. The normalized spacial score (nSPS) is 10.4. The predicted molar refractivity (Wildman–Crippen MR) is 81.6 cm³/mol. The number of nitrogens with one attached hydrogen (secondary N) is 1. The highest BCUT2D eigenvalue weighted by molar-refractivity contribution is 7.09. The molecule has 0 bridgehead atoms. The van der Waals surface area contributed by atoms with E-state index in [0.717, 1.165) is 21.8 Å². The van der Waals surface area contributed by atoms with Gasteiger partial charge in [-0.2, -0.15) is 0 Å². The smallest absolute Gasteiger partial charge is 0.253 e. The lowest BCUT2D eigenvalue weighted by Gasteiger charge is -2.17. The first kappa shape index (κ1) is 14.5. The number of nitrogen functional groups attached to an aromatic ring is 1. The van der Waals surface area contributed by atoms with E-state index in [0.29, 0.717) is 12.1 Å². The summed E-state index contributed by atoms with van der Waals surface area (Å²) in [4.78, 5) is 19.4. The van der Waals surface area contributed by atoms with Gasteiger partial charge in [-0.3, -0.25) is 10.6 Å². The van der Waals surface area contributed by atoms with Crippen LogP contribution < -0.4 is 11.3 Å². The minimum atomic E-state index is -0.00975. The molecule has 20 heavy (non-hydrogen) atoms. The average Bonchev–Trinajstić information content (AvgIpc) is 2.83. The molecular weight excluding hydrogens is 272 g/mol. The van der Waals surface area contributed by atoms with Crippen molar-refractivity contribution in [2.24, 2.45) is 5.84 Å². The Kier molecular flexibility index (Phi) is 4.36. The second kappa shape index (κ2) is 6.02. The van der Waals surface area contributed by atoms with Crippen molar-refractivity contribution in [2.45, 2.75) is 20.4 Å². The predicted octanol–water partition coefficient (Wildman–Crippen LogP) is 2.32. The van der Waals surface area contributed by atoms with Crippen molar-refractivity contribution >= 4 is 22.9 Å². The van der Waals surface area contributed by atoms with Gasteiger partial charge in [-0.05, 0) is 37.6 Å². The molecule has 2 aromatic rings. The summed E-state index contributed by atoms with van der Waals surface area (Å²) in [5, 5.41) is 0. The number of thiazole rings is 1. The Bertz CT molecular complexity index is 623. The number of hydrazine groups is 1. The summed E-state index contributed by atoms with van der Waals surface area (Å²) in [6.07, 6.45) is 0. The lowest BCUT2D eigenvalue weighted by atomic mass is 10.1. The number of rotatable bonds is 4. The third-order valence-corrected chi connectivity index (χ3v) is 4.12. The van der Waals surface area contributed by atoms with Crippen LogP contribution >= 0.6 is 11.3 Å². The van der Waals surface area contributed by atoms with Crippen LogP contribution in [0.25, 0.3) is 0 Å². The molecule has 2 rings (SSSR count). The number of nitrogens with two attached hydrogens (primary N) is 1. The summed E-state index contributed by atoms with van der Waals surface area (Å²) >= 11 is 1.57. The molecule has 5 nitrogen and oxygen atoms in total. The molecule has 0 radical (unpaired) electrons. The molecule has 3 N–H and O–H groups in total. The SMILES string of the molecule is Cc1cc(C(=O)N(C)Cc2scnc2C)ccc1NN. The zero-order valence-electron chi connectivity index (χ0n) is 11.8. The zero-order valence-corrected chi connectivity index (χ0v) is 12.6. The molecule has 6 heteroatoms. The largest absolute Gasteiger partial charge is 0.336 e. The van der Waals surface area contributed by atoms with Crippen molar-refractivity contribution in [3.05, 3.63) is 45.4 Å². The van der Waals surface area contributed by atoms with Crippen molar-refractivity contribution in [3.8, 4) is 0 Å². The fourth-order valence-corrected chi connectivity index (χ4v) is 2.77. The van der Waals surface area contributed by atoms with Crippen LogP contribution in [0.3, 0.4) is 0 Å². The maximum Gasteiger partial charge on any atom is 0.253 e. The highest BCUT2D eigenvalue weighted by Gasteiger charge is 2.14. The van der Waals surface area contributed by atoms with E-state index in [-0.39, 0.29) is 5.91 Å². The van der Waals surface area contributed by atoms with Crippen LogP contribution in [0.5, 0.6) is 0 Å². The summed E-state index contributed by atoms with van der Waals surface area (Å²) < 4.78 is 0. The molecular formula is C14H18N4OS. The van der Waals surface area contributed by atoms with Gasteiger partial charge in [-0.1, -0.05) is 0 Å². The molecule has 0 aliphatic carbocycles. The third kappa shape index (κ3) is 2.97. The van der Waals surface area contributed by atoms with Crippen molar-refractivity contribution in [2.75, 3.05) is 12.5 Å². The van der Waals surface area contributed by atoms with E-state index in [2.05, 4.69) is 10.4 Å². The van der Waals surface area contributed by atoms with E-state index in [4.69, 9.17) is 5.84 Å². The summed E-state index contributed by atoms with van der Waals surface area (Å²) in [7, 11) is 1.80. The Morgan fingerprint density at radius 3 is 2.75 bits per heavy atom. The number of aromatic nitrogens is 1. The van der Waals surface area contributed by atoms with E-state index in [1.165, 1.54) is 0 Å².